The first-order chi connectivity index (χ1) is 13.4. The predicted octanol–water partition coefficient (Wildman–Crippen LogP) is 2.79. The number of halogens is 6. The molecule has 0 aliphatic carbocycles. The number of hydrogen-bond donors (Lipinski definition) is 1. The van der Waals surface area contributed by atoms with Gasteiger partial charge in [-0.3, -0.25) is 14.5 Å². The zero-order valence-electron chi connectivity index (χ0n) is 15.2. The van der Waals surface area contributed by atoms with Gasteiger partial charge in [0.05, 0.1) is 29.6 Å². The van der Waals surface area contributed by atoms with Gasteiger partial charge in [0.2, 0.25) is 5.91 Å². The van der Waals surface area contributed by atoms with Gasteiger partial charge in [0, 0.05) is 32.4 Å². The highest BCUT2D eigenvalue weighted by atomic mass is 19.4. The Labute approximate surface area is 161 Å². The largest absolute Gasteiger partial charge is 0.433 e. The number of aromatic nitrogens is 3. The van der Waals surface area contributed by atoms with E-state index in [1.54, 1.807) is 4.90 Å². The predicted molar refractivity (Wildman–Crippen MR) is 89.9 cm³/mol. The molecule has 1 amide bonds. The first kappa shape index (κ1) is 20.9. The van der Waals surface area contributed by atoms with Gasteiger partial charge in [0.25, 0.3) is 0 Å². The minimum Gasteiger partial charge on any atom is -0.368 e. The molecule has 1 aliphatic heterocycles. The summed E-state index contributed by atoms with van der Waals surface area (Å²) in [6.07, 6.45) is -6.87. The summed E-state index contributed by atoms with van der Waals surface area (Å²) >= 11 is 0. The lowest BCUT2D eigenvalue weighted by atomic mass is 10.2. The molecule has 0 spiro atoms. The van der Waals surface area contributed by atoms with Crippen LogP contribution < -0.4 is 10.2 Å². The summed E-state index contributed by atoms with van der Waals surface area (Å²) in [5, 5.41) is 6.38. The van der Waals surface area contributed by atoms with Crippen molar-refractivity contribution in [1.82, 2.24) is 20.1 Å². The van der Waals surface area contributed by atoms with Gasteiger partial charge in [0.15, 0.2) is 0 Å². The van der Waals surface area contributed by atoms with E-state index < -0.39 is 29.5 Å². The van der Waals surface area contributed by atoms with Crippen LogP contribution >= 0.6 is 0 Å². The molecule has 0 unspecified atom stereocenters. The first-order valence-corrected chi connectivity index (χ1v) is 8.60. The SMILES string of the molecule is Cn1nc(CC(=O)N[C@@H]2CCN(c3cncc(C(F)(F)F)c3)C2)cc1C(F)(F)F. The fraction of sp³-hybridized carbons (Fsp3) is 0.471. The second kappa shape index (κ2) is 7.56. The highest BCUT2D eigenvalue weighted by molar-refractivity contribution is 5.78. The molecule has 2 aromatic rings. The molecule has 0 saturated carbocycles. The van der Waals surface area contributed by atoms with E-state index in [9.17, 15) is 31.1 Å². The van der Waals surface area contributed by atoms with Gasteiger partial charge < -0.3 is 10.2 Å². The van der Waals surface area contributed by atoms with E-state index in [1.165, 1.54) is 6.20 Å². The van der Waals surface area contributed by atoms with E-state index in [0.29, 0.717) is 17.6 Å². The number of alkyl halides is 6. The highest BCUT2D eigenvalue weighted by Gasteiger charge is 2.35. The number of carbonyl (C=O) groups is 1. The fourth-order valence-corrected chi connectivity index (χ4v) is 3.19. The topological polar surface area (TPSA) is 63.1 Å². The maximum atomic E-state index is 12.8. The summed E-state index contributed by atoms with van der Waals surface area (Å²) in [4.78, 5) is 17.4. The molecule has 6 nitrogen and oxygen atoms in total. The molecule has 0 radical (unpaired) electrons. The minimum absolute atomic E-state index is 0.0192. The summed E-state index contributed by atoms with van der Waals surface area (Å²) in [6, 6.07) is 1.46. The fourth-order valence-electron chi connectivity index (χ4n) is 3.19. The Morgan fingerprint density at radius 3 is 2.52 bits per heavy atom. The van der Waals surface area contributed by atoms with E-state index in [0.717, 1.165) is 25.4 Å². The van der Waals surface area contributed by atoms with Crippen molar-refractivity contribution in [2.75, 3.05) is 18.0 Å². The number of hydrogen-bond acceptors (Lipinski definition) is 4. The van der Waals surface area contributed by atoms with Crippen LogP contribution in [0.2, 0.25) is 0 Å². The number of pyridine rings is 1. The molecule has 1 aliphatic rings. The van der Waals surface area contributed by atoms with Crippen LogP contribution in [0, 0.1) is 0 Å². The Bertz CT molecular complexity index is 891. The average molecular weight is 421 g/mol. The Hall–Kier alpha value is -2.79. The first-order valence-electron chi connectivity index (χ1n) is 8.60. The van der Waals surface area contributed by atoms with Crippen molar-refractivity contribution < 1.29 is 31.1 Å². The minimum atomic E-state index is -4.57. The lowest BCUT2D eigenvalue weighted by Gasteiger charge is -2.19. The number of nitrogens with zero attached hydrogens (tertiary/aromatic N) is 4. The van der Waals surface area contributed by atoms with Gasteiger partial charge >= 0.3 is 12.4 Å². The second-order valence-electron chi connectivity index (χ2n) is 6.75. The van der Waals surface area contributed by atoms with Crippen molar-refractivity contribution in [2.45, 2.75) is 31.2 Å². The molecule has 1 saturated heterocycles. The standard InChI is InChI=1S/C17H17F6N5O/c1-27-14(17(21,22)23)5-12(26-27)6-15(29)25-11-2-3-28(9-11)13-4-10(7-24-8-13)16(18,19)20/h4-5,7-8,11H,2-3,6,9H2,1H3,(H,25,29)/t11-/m1/s1. The van der Waals surface area contributed by atoms with Crippen LogP contribution in [-0.2, 0) is 30.6 Å². The average Bonchev–Trinajstić information content (AvgIpc) is 3.20. The van der Waals surface area contributed by atoms with Gasteiger partial charge in [-0.2, -0.15) is 31.4 Å². The number of aryl methyl sites for hydroxylation is 1. The smallest absolute Gasteiger partial charge is 0.368 e. The van der Waals surface area contributed by atoms with Crippen molar-refractivity contribution in [3.05, 3.63) is 41.5 Å². The zero-order chi connectivity index (χ0) is 21.4. The molecular weight excluding hydrogens is 404 g/mol. The third-order valence-electron chi connectivity index (χ3n) is 4.53. The van der Waals surface area contributed by atoms with Gasteiger partial charge in [-0.15, -0.1) is 0 Å². The molecule has 1 N–H and O–H groups in total. The van der Waals surface area contributed by atoms with E-state index in [2.05, 4.69) is 15.4 Å². The molecule has 0 aromatic carbocycles. The van der Waals surface area contributed by atoms with Gasteiger partial charge in [0.1, 0.15) is 5.69 Å². The third kappa shape index (κ3) is 4.98. The Kier molecular flexibility index (Phi) is 5.46. The van der Waals surface area contributed by atoms with Crippen molar-refractivity contribution in [3.63, 3.8) is 0 Å². The lowest BCUT2D eigenvalue weighted by molar-refractivity contribution is -0.143. The van der Waals surface area contributed by atoms with E-state index >= 15 is 0 Å². The van der Waals surface area contributed by atoms with Crippen molar-refractivity contribution in [3.8, 4) is 0 Å². The van der Waals surface area contributed by atoms with Crippen LogP contribution in [0.15, 0.2) is 24.5 Å². The molecule has 0 bridgehead atoms. The molecular formula is C17H17F6N5O. The molecule has 12 heteroatoms. The van der Waals surface area contributed by atoms with Gasteiger partial charge in [-0.25, -0.2) is 0 Å². The highest BCUT2D eigenvalue weighted by Crippen LogP contribution is 2.32. The number of carbonyl (C=O) groups excluding carboxylic acids is 1. The third-order valence-corrected chi connectivity index (χ3v) is 4.53. The molecule has 3 rings (SSSR count). The van der Waals surface area contributed by atoms with E-state index in [-0.39, 0.29) is 30.4 Å². The summed E-state index contributed by atoms with van der Waals surface area (Å²) in [7, 11) is 1.14. The van der Waals surface area contributed by atoms with Crippen LogP contribution in [0.4, 0.5) is 32.0 Å². The van der Waals surface area contributed by atoms with Crippen LogP contribution in [0.5, 0.6) is 0 Å². The zero-order valence-corrected chi connectivity index (χ0v) is 15.2. The molecule has 1 atom stereocenters. The summed E-state index contributed by atoms with van der Waals surface area (Å²) < 4.78 is 77.5. The quantitative estimate of drug-likeness (QED) is 0.772. The molecule has 29 heavy (non-hydrogen) atoms. The van der Waals surface area contributed by atoms with E-state index in [1.807, 2.05) is 0 Å². The number of nitrogens with one attached hydrogen (secondary N) is 1. The summed E-state index contributed by atoms with van der Waals surface area (Å²) in [5.74, 6) is -0.508. The van der Waals surface area contributed by atoms with Crippen LogP contribution in [-0.4, -0.2) is 39.8 Å². The molecule has 3 heterocycles. The Morgan fingerprint density at radius 1 is 1.17 bits per heavy atom. The molecule has 2 aromatic heterocycles. The normalized spacial score (nSPS) is 17.6. The summed E-state index contributed by atoms with van der Waals surface area (Å²) in [6.45, 7) is 0.681. The number of rotatable bonds is 4. The maximum Gasteiger partial charge on any atom is 0.433 e. The van der Waals surface area contributed by atoms with Gasteiger partial charge in [-0.1, -0.05) is 0 Å². The Balaban J connectivity index is 1.58. The summed E-state index contributed by atoms with van der Waals surface area (Å²) in [5.41, 5.74) is -1.55. The number of anilines is 1. The lowest BCUT2D eigenvalue weighted by Crippen LogP contribution is -2.38. The number of amides is 1. The van der Waals surface area contributed by atoms with Crippen molar-refractivity contribution in [1.29, 1.82) is 0 Å². The van der Waals surface area contributed by atoms with Crippen molar-refractivity contribution in [2.24, 2.45) is 7.05 Å². The van der Waals surface area contributed by atoms with Crippen molar-refractivity contribution >= 4 is 11.6 Å². The Morgan fingerprint density at radius 2 is 1.90 bits per heavy atom. The molecule has 1 fully saturated rings. The second-order valence-corrected chi connectivity index (χ2v) is 6.75. The monoisotopic (exact) mass is 421 g/mol. The van der Waals surface area contributed by atoms with Crippen LogP contribution in [0.1, 0.15) is 23.4 Å². The van der Waals surface area contributed by atoms with Crippen LogP contribution in [0.25, 0.3) is 0 Å². The van der Waals surface area contributed by atoms with Crippen LogP contribution in [0.3, 0.4) is 0 Å². The van der Waals surface area contributed by atoms with Gasteiger partial charge in [-0.05, 0) is 18.6 Å². The molecule has 158 valence electrons. The van der Waals surface area contributed by atoms with E-state index in [4.69, 9.17) is 0 Å². The maximum absolute atomic E-state index is 12.8.